The summed E-state index contributed by atoms with van der Waals surface area (Å²) in [5, 5.41) is 16.7. The Morgan fingerprint density at radius 3 is 2.65 bits per heavy atom. The number of pyridine rings is 1. The van der Waals surface area contributed by atoms with E-state index in [-0.39, 0.29) is 10.5 Å². The highest BCUT2D eigenvalue weighted by molar-refractivity contribution is 7.90. The molecule has 9 heteroatoms. The zero-order valence-corrected chi connectivity index (χ0v) is 19.5. The van der Waals surface area contributed by atoms with E-state index in [1.165, 1.54) is 28.0 Å². The number of aromatic nitrogens is 2. The number of piperazine rings is 1. The molecule has 0 unspecified atom stereocenters. The van der Waals surface area contributed by atoms with Crippen LogP contribution in [0, 0.1) is 18.3 Å². The molecular formula is C25H24N6O2S. The Morgan fingerprint density at radius 2 is 1.88 bits per heavy atom. The maximum atomic E-state index is 13.4. The monoisotopic (exact) mass is 472 g/mol. The molecule has 4 aromatic rings. The molecule has 34 heavy (non-hydrogen) atoms. The molecule has 0 aliphatic carbocycles. The lowest BCUT2D eigenvalue weighted by atomic mass is 10.1. The summed E-state index contributed by atoms with van der Waals surface area (Å²) < 4.78 is 27.9. The largest absolute Gasteiger partial charge is 0.369 e. The third-order valence-electron chi connectivity index (χ3n) is 6.01. The summed E-state index contributed by atoms with van der Waals surface area (Å²) in [6.45, 7) is 6.00. The Balaban J connectivity index is 1.47. The van der Waals surface area contributed by atoms with Crippen molar-refractivity contribution in [2.75, 3.05) is 36.4 Å². The molecule has 2 N–H and O–H groups in total. The van der Waals surface area contributed by atoms with Crippen molar-refractivity contribution in [3.8, 4) is 6.07 Å². The average Bonchev–Trinajstić information content (AvgIpc) is 3.29. The minimum atomic E-state index is -3.95. The van der Waals surface area contributed by atoms with Crippen LogP contribution in [-0.4, -0.2) is 43.6 Å². The van der Waals surface area contributed by atoms with Crippen molar-refractivity contribution in [1.82, 2.24) is 14.3 Å². The number of anilines is 3. The third-order valence-corrected chi connectivity index (χ3v) is 7.76. The predicted octanol–water partition coefficient (Wildman–Crippen LogP) is 3.61. The van der Waals surface area contributed by atoms with Crippen LogP contribution >= 0.6 is 0 Å². The van der Waals surface area contributed by atoms with Crippen LogP contribution in [0.1, 0.15) is 11.1 Å². The molecular weight excluding hydrogens is 448 g/mol. The molecule has 172 valence electrons. The Labute approximate surface area is 198 Å². The highest BCUT2D eigenvalue weighted by Crippen LogP contribution is 2.28. The van der Waals surface area contributed by atoms with Gasteiger partial charge in [-0.15, -0.1) is 0 Å². The molecule has 5 rings (SSSR count). The maximum Gasteiger partial charge on any atom is 0.269 e. The molecule has 1 saturated heterocycles. The van der Waals surface area contributed by atoms with Crippen LogP contribution in [0.4, 0.5) is 17.2 Å². The fourth-order valence-corrected chi connectivity index (χ4v) is 5.80. The second-order valence-electron chi connectivity index (χ2n) is 8.22. The Kier molecular flexibility index (Phi) is 5.69. The number of hydrogen-bond acceptors (Lipinski definition) is 7. The normalized spacial score (nSPS) is 14.2. The first-order valence-corrected chi connectivity index (χ1v) is 12.5. The quantitative estimate of drug-likeness (QED) is 0.457. The van der Waals surface area contributed by atoms with Crippen molar-refractivity contribution < 1.29 is 8.42 Å². The molecule has 0 radical (unpaired) electrons. The highest BCUT2D eigenvalue weighted by Gasteiger charge is 2.22. The van der Waals surface area contributed by atoms with Gasteiger partial charge in [-0.25, -0.2) is 17.4 Å². The summed E-state index contributed by atoms with van der Waals surface area (Å²) in [5.41, 5.74) is 3.84. The number of aryl methyl sites for hydroxylation is 1. The van der Waals surface area contributed by atoms with Crippen LogP contribution in [-0.2, 0) is 10.0 Å². The summed E-state index contributed by atoms with van der Waals surface area (Å²) in [6.07, 6.45) is 3.13. The van der Waals surface area contributed by atoms with Gasteiger partial charge in [0, 0.05) is 61.4 Å². The van der Waals surface area contributed by atoms with Crippen LogP contribution in [0.3, 0.4) is 0 Å². The summed E-state index contributed by atoms with van der Waals surface area (Å²) in [7, 11) is -3.95. The van der Waals surface area contributed by atoms with E-state index >= 15 is 0 Å². The van der Waals surface area contributed by atoms with Gasteiger partial charge in [-0.05, 0) is 48.9 Å². The SMILES string of the molecule is Cc1cc(Nc2cc3c(ccn3S(=O)(=O)c3ccccc3C#N)cn2)ccc1N1CCNCC1. The van der Waals surface area contributed by atoms with E-state index in [2.05, 4.69) is 39.6 Å². The first-order chi connectivity index (χ1) is 16.5. The fourth-order valence-electron chi connectivity index (χ4n) is 4.31. The number of nitrogens with one attached hydrogen (secondary N) is 2. The van der Waals surface area contributed by atoms with E-state index in [0.717, 1.165) is 37.4 Å². The molecule has 1 aliphatic rings. The van der Waals surface area contributed by atoms with Gasteiger partial charge < -0.3 is 15.5 Å². The van der Waals surface area contributed by atoms with Gasteiger partial charge in [0.15, 0.2) is 0 Å². The molecule has 0 atom stereocenters. The number of nitrogens with zero attached hydrogens (tertiary/aromatic N) is 4. The van der Waals surface area contributed by atoms with E-state index in [4.69, 9.17) is 0 Å². The van der Waals surface area contributed by atoms with Gasteiger partial charge in [0.2, 0.25) is 0 Å². The number of nitriles is 1. The molecule has 2 aromatic carbocycles. The van der Waals surface area contributed by atoms with Crippen molar-refractivity contribution in [3.63, 3.8) is 0 Å². The second-order valence-corrected chi connectivity index (χ2v) is 10.00. The number of hydrogen-bond donors (Lipinski definition) is 2. The molecule has 8 nitrogen and oxygen atoms in total. The average molecular weight is 473 g/mol. The topological polar surface area (TPSA) is 103 Å². The smallest absolute Gasteiger partial charge is 0.269 e. The number of fused-ring (bicyclic) bond motifs is 1. The van der Waals surface area contributed by atoms with E-state index in [0.29, 0.717) is 16.7 Å². The molecule has 3 heterocycles. The first-order valence-electron chi connectivity index (χ1n) is 11.0. The third kappa shape index (κ3) is 3.98. The molecule has 1 fully saturated rings. The van der Waals surface area contributed by atoms with E-state index in [9.17, 15) is 13.7 Å². The van der Waals surface area contributed by atoms with Crippen molar-refractivity contribution in [2.24, 2.45) is 0 Å². The number of rotatable bonds is 5. The molecule has 0 saturated carbocycles. The lowest BCUT2D eigenvalue weighted by Gasteiger charge is -2.30. The van der Waals surface area contributed by atoms with Crippen LogP contribution in [0.2, 0.25) is 0 Å². The zero-order chi connectivity index (χ0) is 23.7. The summed E-state index contributed by atoms with van der Waals surface area (Å²) in [6, 6.07) is 17.8. The lowest BCUT2D eigenvalue weighted by molar-refractivity contribution is 0.588. The molecule has 2 aromatic heterocycles. The van der Waals surface area contributed by atoms with Crippen molar-refractivity contribution in [1.29, 1.82) is 5.26 Å². The van der Waals surface area contributed by atoms with Gasteiger partial charge in [0.1, 0.15) is 16.8 Å². The Hall–Kier alpha value is -3.87. The number of benzene rings is 2. The van der Waals surface area contributed by atoms with Crippen LogP contribution in [0.5, 0.6) is 0 Å². The van der Waals surface area contributed by atoms with Crippen LogP contribution in [0.15, 0.2) is 71.9 Å². The van der Waals surface area contributed by atoms with Gasteiger partial charge in [-0.3, -0.25) is 0 Å². The van der Waals surface area contributed by atoms with Crippen LogP contribution in [0.25, 0.3) is 10.9 Å². The van der Waals surface area contributed by atoms with Crippen molar-refractivity contribution >= 4 is 38.1 Å². The molecule has 0 bridgehead atoms. The summed E-state index contributed by atoms with van der Waals surface area (Å²) in [4.78, 5) is 6.80. The van der Waals surface area contributed by atoms with Gasteiger partial charge in [-0.1, -0.05) is 12.1 Å². The maximum absolute atomic E-state index is 13.4. The van der Waals surface area contributed by atoms with E-state index < -0.39 is 10.0 Å². The molecule has 1 aliphatic heterocycles. The highest BCUT2D eigenvalue weighted by atomic mass is 32.2. The minimum absolute atomic E-state index is 0.0274. The standard InChI is InChI=1S/C25H24N6O2S/c1-18-14-21(6-7-22(18)30-12-9-27-10-13-30)29-25-15-23-20(17-28-25)8-11-31(23)34(32,33)24-5-3-2-4-19(24)16-26/h2-8,11,14-15,17,27H,9-10,12-13H2,1H3,(H,28,29). The van der Waals surface area contributed by atoms with Gasteiger partial charge in [0.25, 0.3) is 10.0 Å². The predicted molar refractivity (Wildman–Crippen MR) is 133 cm³/mol. The van der Waals surface area contributed by atoms with Crippen molar-refractivity contribution in [3.05, 3.63) is 78.1 Å². The van der Waals surface area contributed by atoms with Crippen molar-refractivity contribution in [2.45, 2.75) is 11.8 Å². The van der Waals surface area contributed by atoms with Gasteiger partial charge >= 0.3 is 0 Å². The second kappa shape index (κ2) is 8.82. The Morgan fingerprint density at radius 1 is 1.09 bits per heavy atom. The lowest BCUT2D eigenvalue weighted by Crippen LogP contribution is -2.43. The first kappa shape index (κ1) is 21.9. The van der Waals surface area contributed by atoms with Gasteiger partial charge in [-0.2, -0.15) is 5.26 Å². The van der Waals surface area contributed by atoms with Gasteiger partial charge in [0.05, 0.1) is 11.1 Å². The molecule has 0 amide bonds. The van der Waals surface area contributed by atoms with E-state index in [1.54, 1.807) is 30.5 Å². The minimum Gasteiger partial charge on any atom is -0.369 e. The summed E-state index contributed by atoms with van der Waals surface area (Å²) >= 11 is 0. The Bertz CT molecular complexity index is 1510. The van der Waals surface area contributed by atoms with Crippen LogP contribution < -0.4 is 15.5 Å². The molecule has 0 spiro atoms. The zero-order valence-electron chi connectivity index (χ0n) is 18.7. The fraction of sp³-hybridized carbons (Fsp3) is 0.200. The van der Waals surface area contributed by atoms with E-state index in [1.807, 2.05) is 12.1 Å². The summed E-state index contributed by atoms with van der Waals surface area (Å²) in [5.74, 6) is 0.533.